The van der Waals surface area contributed by atoms with E-state index in [4.69, 9.17) is 0 Å². The number of thiazole rings is 1. The summed E-state index contributed by atoms with van der Waals surface area (Å²) in [6.45, 7) is 3.94. The van der Waals surface area contributed by atoms with Gasteiger partial charge in [-0.3, -0.25) is 29.8 Å². The van der Waals surface area contributed by atoms with Crippen LogP contribution < -0.4 is 5.32 Å². The summed E-state index contributed by atoms with van der Waals surface area (Å²) in [6, 6.07) is 1.31. The van der Waals surface area contributed by atoms with Crippen LogP contribution in [0.25, 0.3) is 0 Å². The van der Waals surface area contributed by atoms with Crippen LogP contribution in [0.5, 0.6) is 5.75 Å². The summed E-state index contributed by atoms with van der Waals surface area (Å²) >= 11 is 1.41. The first-order valence-corrected chi connectivity index (χ1v) is 13.8. The molecule has 2 N–H and O–H groups in total. The number of ketones is 1. The Bertz CT molecular complexity index is 1340. The average molecular weight is 543 g/mol. The third-order valence-electron chi connectivity index (χ3n) is 9.03. The van der Waals surface area contributed by atoms with Crippen molar-refractivity contribution in [1.29, 1.82) is 0 Å². The van der Waals surface area contributed by atoms with Crippen molar-refractivity contribution >= 4 is 39.5 Å². The highest BCUT2D eigenvalue weighted by Gasteiger charge is 2.59. The van der Waals surface area contributed by atoms with Crippen LogP contribution in [0.1, 0.15) is 73.8 Å². The Hall–Kier alpha value is -3.41. The van der Waals surface area contributed by atoms with Gasteiger partial charge in [0.2, 0.25) is 5.91 Å². The van der Waals surface area contributed by atoms with Gasteiger partial charge in [-0.1, -0.05) is 6.92 Å². The molecule has 0 saturated heterocycles. The SMILES string of the molecule is Cc1cnc(NC(=O)CCC[C@@H]2CC(=O)[C@@]3(C)CCC4c5cc([N+](=O)[O-])c(O)c([N+](=O)[O-])c5CCC4C23)s1. The van der Waals surface area contributed by atoms with E-state index >= 15 is 0 Å². The van der Waals surface area contributed by atoms with Gasteiger partial charge in [0.1, 0.15) is 5.78 Å². The first kappa shape index (κ1) is 26.2. The second kappa shape index (κ2) is 9.72. The molecule has 3 unspecified atom stereocenters. The average Bonchev–Trinajstić information content (AvgIpc) is 3.37. The molecule has 2 saturated carbocycles. The van der Waals surface area contributed by atoms with Gasteiger partial charge < -0.3 is 10.4 Å². The van der Waals surface area contributed by atoms with Gasteiger partial charge in [-0.05, 0) is 74.7 Å². The fraction of sp³-hybridized carbons (Fsp3) is 0.577. The number of nitro groups is 2. The first-order chi connectivity index (χ1) is 18.0. The van der Waals surface area contributed by atoms with E-state index in [1.54, 1.807) is 6.20 Å². The van der Waals surface area contributed by atoms with E-state index in [0.717, 1.165) is 4.88 Å². The number of aromatic hydroxyl groups is 1. The van der Waals surface area contributed by atoms with Gasteiger partial charge in [-0.15, -0.1) is 11.3 Å². The molecule has 3 aliphatic carbocycles. The minimum absolute atomic E-state index is 0.0403. The molecule has 0 spiro atoms. The van der Waals surface area contributed by atoms with E-state index < -0.39 is 32.4 Å². The van der Waals surface area contributed by atoms with Crippen molar-refractivity contribution in [1.82, 2.24) is 4.98 Å². The summed E-state index contributed by atoms with van der Waals surface area (Å²) in [5.41, 5.74) is -0.779. The van der Waals surface area contributed by atoms with E-state index in [1.807, 2.05) is 13.8 Å². The zero-order valence-electron chi connectivity index (χ0n) is 21.3. The standard InChI is InChI=1S/C26H30N4O7S/c1-13-12-27-25(38-13)28-21(32)5-3-4-14-10-20(31)26(2)9-8-15-16(22(14)26)6-7-17-18(15)11-19(29(34)35)24(33)23(17)30(36)37/h11-12,14-16,22,33H,3-10H2,1-2H3,(H,27,28,32)/t14-,15?,16?,22?,26-/m1/s1. The Labute approximate surface area is 223 Å². The van der Waals surface area contributed by atoms with Crippen LogP contribution in [0, 0.1) is 50.3 Å². The molecule has 1 aromatic carbocycles. The van der Waals surface area contributed by atoms with Crippen molar-refractivity contribution in [2.24, 2.45) is 23.2 Å². The second-order valence-electron chi connectivity index (χ2n) is 11.1. The van der Waals surface area contributed by atoms with Crippen LogP contribution in [-0.2, 0) is 16.0 Å². The van der Waals surface area contributed by atoms with E-state index in [2.05, 4.69) is 10.3 Å². The highest BCUT2D eigenvalue weighted by atomic mass is 32.1. The molecule has 12 heteroatoms. The minimum atomic E-state index is -0.891. The number of Topliss-reactive ketones (excluding diaryl/α,β-unsaturated/α-hetero) is 1. The Morgan fingerprint density at radius 1 is 1.29 bits per heavy atom. The van der Waals surface area contributed by atoms with E-state index in [9.17, 15) is 34.9 Å². The lowest BCUT2D eigenvalue weighted by Crippen LogP contribution is -2.44. The van der Waals surface area contributed by atoms with Crippen molar-refractivity contribution in [2.45, 2.75) is 71.1 Å². The number of aromatic nitrogens is 1. The topological polar surface area (TPSA) is 166 Å². The number of amides is 1. The van der Waals surface area contributed by atoms with Crippen LogP contribution in [0.3, 0.4) is 0 Å². The number of rotatable bonds is 7. The molecule has 11 nitrogen and oxygen atoms in total. The lowest BCUT2D eigenvalue weighted by molar-refractivity contribution is -0.396. The molecular weight excluding hydrogens is 512 g/mol. The largest absolute Gasteiger partial charge is 0.497 e. The number of nitrogens with zero attached hydrogens (tertiary/aromatic N) is 3. The van der Waals surface area contributed by atoms with Crippen molar-refractivity contribution in [3.8, 4) is 5.75 Å². The summed E-state index contributed by atoms with van der Waals surface area (Å²) < 4.78 is 0. The maximum Gasteiger partial charge on any atom is 0.321 e. The molecule has 0 bridgehead atoms. The van der Waals surface area contributed by atoms with Crippen LogP contribution in [-0.4, -0.2) is 31.6 Å². The molecule has 38 heavy (non-hydrogen) atoms. The van der Waals surface area contributed by atoms with Gasteiger partial charge in [0.25, 0.3) is 5.75 Å². The number of benzene rings is 1. The lowest BCUT2D eigenvalue weighted by atomic mass is 9.54. The van der Waals surface area contributed by atoms with Gasteiger partial charge in [0.15, 0.2) is 5.13 Å². The van der Waals surface area contributed by atoms with Crippen molar-refractivity contribution in [2.75, 3.05) is 5.32 Å². The molecule has 1 aromatic heterocycles. The van der Waals surface area contributed by atoms with Crippen LogP contribution >= 0.6 is 11.3 Å². The first-order valence-electron chi connectivity index (χ1n) is 12.9. The summed E-state index contributed by atoms with van der Waals surface area (Å²) in [4.78, 5) is 52.7. The van der Waals surface area contributed by atoms with Crippen LogP contribution in [0.2, 0.25) is 0 Å². The number of hydrogen-bond acceptors (Lipinski definition) is 9. The van der Waals surface area contributed by atoms with Gasteiger partial charge in [-0.25, -0.2) is 4.98 Å². The molecule has 1 heterocycles. The van der Waals surface area contributed by atoms with E-state index in [0.29, 0.717) is 67.6 Å². The number of phenolic OH excluding ortho intramolecular Hbond substituents is 1. The Morgan fingerprint density at radius 3 is 2.71 bits per heavy atom. The summed E-state index contributed by atoms with van der Waals surface area (Å²) in [5, 5.41) is 37.1. The highest BCUT2D eigenvalue weighted by molar-refractivity contribution is 7.15. The highest BCUT2D eigenvalue weighted by Crippen LogP contribution is 2.63. The molecule has 5 rings (SSSR count). The monoisotopic (exact) mass is 542 g/mol. The van der Waals surface area contributed by atoms with Gasteiger partial charge >= 0.3 is 11.4 Å². The van der Waals surface area contributed by atoms with E-state index in [-0.39, 0.29) is 35.4 Å². The van der Waals surface area contributed by atoms with Crippen molar-refractivity contribution in [3.05, 3.63) is 48.5 Å². The number of fused-ring (bicyclic) bond motifs is 5. The predicted octanol–water partition coefficient (Wildman–Crippen LogP) is 5.43. The number of nitro benzene ring substituents is 2. The number of hydrogen-bond donors (Lipinski definition) is 2. The molecule has 0 aliphatic heterocycles. The maximum atomic E-state index is 13.2. The summed E-state index contributed by atoms with van der Waals surface area (Å²) in [7, 11) is 0. The fourth-order valence-electron chi connectivity index (χ4n) is 7.46. The Balaban J connectivity index is 1.38. The lowest BCUT2D eigenvalue weighted by Gasteiger charge is -2.49. The zero-order chi connectivity index (χ0) is 27.4. The van der Waals surface area contributed by atoms with Crippen molar-refractivity contribution in [3.63, 3.8) is 0 Å². The molecule has 5 atom stereocenters. The second-order valence-corrected chi connectivity index (χ2v) is 12.3. The predicted molar refractivity (Wildman–Crippen MR) is 139 cm³/mol. The van der Waals surface area contributed by atoms with Gasteiger partial charge in [0.05, 0.1) is 9.85 Å². The Kier molecular flexibility index (Phi) is 6.70. The molecule has 2 fully saturated rings. The third kappa shape index (κ3) is 4.34. The summed E-state index contributed by atoms with van der Waals surface area (Å²) in [5.74, 6) is -0.760. The molecule has 3 aliphatic rings. The van der Waals surface area contributed by atoms with Crippen LogP contribution in [0.15, 0.2) is 12.3 Å². The van der Waals surface area contributed by atoms with Gasteiger partial charge in [0, 0.05) is 41.0 Å². The number of aryl methyl sites for hydroxylation is 1. The van der Waals surface area contributed by atoms with Crippen molar-refractivity contribution < 1.29 is 24.5 Å². The Morgan fingerprint density at radius 2 is 2.05 bits per heavy atom. The minimum Gasteiger partial charge on any atom is -0.497 e. The fourth-order valence-corrected chi connectivity index (χ4v) is 8.14. The maximum absolute atomic E-state index is 13.2. The number of carbonyl (C=O) groups excluding carboxylic acids is 2. The number of carbonyl (C=O) groups is 2. The van der Waals surface area contributed by atoms with Crippen LogP contribution in [0.4, 0.5) is 16.5 Å². The molecule has 2 aromatic rings. The van der Waals surface area contributed by atoms with Gasteiger partial charge in [-0.2, -0.15) is 0 Å². The summed E-state index contributed by atoms with van der Waals surface area (Å²) in [6.07, 6.45) is 5.96. The number of anilines is 1. The number of nitrogens with one attached hydrogen (secondary N) is 1. The molecule has 202 valence electrons. The molecule has 0 radical (unpaired) electrons. The molecule has 1 amide bonds. The normalized spacial score (nSPS) is 27.8. The van der Waals surface area contributed by atoms with E-state index in [1.165, 1.54) is 17.4 Å². The quantitative estimate of drug-likeness (QED) is 0.345. The molecular formula is C26H30N4O7S. The smallest absolute Gasteiger partial charge is 0.321 e. The zero-order valence-corrected chi connectivity index (χ0v) is 22.1. The number of phenols is 1. The third-order valence-corrected chi connectivity index (χ3v) is 9.86.